The van der Waals surface area contributed by atoms with Crippen molar-refractivity contribution in [1.82, 2.24) is 29.9 Å². The van der Waals surface area contributed by atoms with E-state index in [4.69, 9.17) is 4.42 Å². The van der Waals surface area contributed by atoms with Crippen molar-refractivity contribution < 1.29 is 9.21 Å². The number of carbonyl (C=O) groups excluding carboxylic acids is 1. The third-order valence-corrected chi connectivity index (χ3v) is 4.35. The molecule has 1 fully saturated rings. The van der Waals surface area contributed by atoms with Crippen molar-refractivity contribution in [3.63, 3.8) is 0 Å². The van der Waals surface area contributed by atoms with E-state index in [-0.39, 0.29) is 11.9 Å². The number of hydrogen-bond acceptors (Lipinski definition) is 6. The van der Waals surface area contributed by atoms with Crippen LogP contribution in [0, 0.1) is 0 Å². The Balaban J connectivity index is 1.61. The quantitative estimate of drug-likeness (QED) is 0.727. The van der Waals surface area contributed by atoms with E-state index in [9.17, 15) is 4.79 Å². The van der Waals surface area contributed by atoms with Crippen LogP contribution in [0.5, 0.6) is 0 Å². The molecule has 0 unspecified atom stereocenters. The second kappa shape index (κ2) is 6.46. The first kappa shape index (κ1) is 15.5. The van der Waals surface area contributed by atoms with Gasteiger partial charge in [-0.3, -0.25) is 14.5 Å². The molecule has 1 saturated heterocycles. The number of carbonyl (C=O) groups is 1. The number of aromatic nitrogens is 5. The predicted octanol–water partition coefficient (Wildman–Crippen LogP) is 2.23. The number of nitrogens with zero attached hydrogens (tertiary/aromatic N) is 6. The fraction of sp³-hybridized carbons (Fsp3) is 0.353. The van der Waals surface area contributed by atoms with Gasteiger partial charge in [0.2, 0.25) is 11.8 Å². The third-order valence-electron chi connectivity index (χ3n) is 4.35. The Morgan fingerprint density at radius 3 is 2.80 bits per heavy atom. The largest absolute Gasteiger partial charge is 0.418 e. The van der Waals surface area contributed by atoms with Crippen molar-refractivity contribution in [3.05, 3.63) is 48.4 Å². The van der Waals surface area contributed by atoms with Gasteiger partial charge < -0.3 is 9.32 Å². The van der Waals surface area contributed by atoms with Crippen LogP contribution < -0.4 is 0 Å². The van der Waals surface area contributed by atoms with E-state index >= 15 is 0 Å². The molecule has 128 valence electrons. The highest BCUT2D eigenvalue weighted by Gasteiger charge is 2.33. The summed E-state index contributed by atoms with van der Waals surface area (Å²) < 4.78 is 7.49. The van der Waals surface area contributed by atoms with Crippen molar-refractivity contribution in [2.75, 3.05) is 6.54 Å². The lowest BCUT2D eigenvalue weighted by molar-refractivity contribution is 0.0565. The van der Waals surface area contributed by atoms with Crippen LogP contribution in [0.25, 0.3) is 11.5 Å². The predicted molar refractivity (Wildman–Crippen MR) is 88.4 cm³/mol. The van der Waals surface area contributed by atoms with E-state index in [0.717, 1.165) is 24.8 Å². The molecule has 1 atom stereocenters. The SMILES string of the molecule is Cn1ccc(C(=O)N2CCCC[C@@H]2c2nnc(-c3ccncc3)o2)n1. The minimum absolute atomic E-state index is 0.103. The Bertz CT molecular complexity index is 872. The molecule has 8 nitrogen and oxygen atoms in total. The molecule has 0 radical (unpaired) electrons. The van der Waals surface area contributed by atoms with Crippen LogP contribution in [0.4, 0.5) is 0 Å². The van der Waals surface area contributed by atoms with Crippen molar-refractivity contribution in [2.45, 2.75) is 25.3 Å². The molecule has 4 heterocycles. The highest BCUT2D eigenvalue weighted by atomic mass is 16.4. The lowest BCUT2D eigenvalue weighted by Crippen LogP contribution is -2.39. The molecular formula is C17H18N6O2. The molecule has 3 aromatic rings. The summed E-state index contributed by atoms with van der Waals surface area (Å²) in [4.78, 5) is 18.6. The molecular weight excluding hydrogens is 320 g/mol. The smallest absolute Gasteiger partial charge is 0.275 e. The Labute approximate surface area is 144 Å². The lowest BCUT2D eigenvalue weighted by Gasteiger charge is -2.32. The van der Waals surface area contributed by atoms with Crippen LogP contribution in [-0.2, 0) is 7.05 Å². The third kappa shape index (κ3) is 3.02. The zero-order valence-corrected chi connectivity index (χ0v) is 13.9. The molecule has 0 aromatic carbocycles. The lowest BCUT2D eigenvalue weighted by atomic mass is 10.0. The van der Waals surface area contributed by atoms with E-state index < -0.39 is 0 Å². The average molecular weight is 338 g/mol. The normalized spacial score (nSPS) is 17.6. The van der Waals surface area contributed by atoms with Gasteiger partial charge in [0.25, 0.3) is 5.91 Å². The van der Waals surface area contributed by atoms with Gasteiger partial charge in [-0.2, -0.15) is 5.10 Å². The van der Waals surface area contributed by atoms with Gasteiger partial charge in [0, 0.05) is 37.7 Å². The molecule has 8 heteroatoms. The Morgan fingerprint density at radius 1 is 1.20 bits per heavy atom. The molecule has 1 aliphatic rings. The number of aryl methyl sites for hydroxylation is 1. The maximum Gasteiger partial charge on any atom is 0.275 e. The Hall–Kier alpha value is -3.03. The zero-order chi connectivity index (χ0) is 17.2. The van der Waals surface area contributed by atoms with Gasteiger partial charge in [-0.1, -0.05) is 0 Å². The van der Waals surface area contributed by atoms with Crippen LogP contribution in [0.15, 0.2) is 41.2 Å². The molecule has 0 bridgehead atoms. The molecule has 25 heavy (non-hydrogen) atoms. The molecule has 4 rings (SSSR count). The van der Waals surface area contributed by atoms with Gasteiger partial charge in [0.1, 0.15) is 11.7 Å². The van der Waals surface area contributed by atoms with Crippen molar-refractivity contribution >= 4 is 5.91 Å². The fourth-order valence-electron chi connectivity index (χ4n) is 3.09. The summed E-state index contributed by atoms with van der Waals surface area (Å²) >= 11 is 0. The molecule has 1 aliphatic heterocycles. The first-order valence-corrected chi connectivity index (χ1v) is 8.27. The minimum atomic E-state index is -0.216. The zero-order valence-electron chi connectivity index (χ0n) is 13.9. The van der Waals surface area contributed by atoms with Gasteiger partial charge in [0.05, 0.1) is 0 Å². The number of piperidine rings is 1. The number of hydrogen-bond donors (Lipinski definition) is 0. The first-order chi connectivity index (χ1) is 12.2. The molecule has 1 amide bonds. The highest BCUT2D eigenvalue weighted by Crippen LogP contribution is 2.32. The second-order valence-electron chi connectivity index (χ2n) is 6.07. The number of rotatable bonds is 3. The summed E-state index contributed by atoms with van der Waals surface area (Å²) in [5, 5.41) is 12.5. The van der Waals surface area contributed by atoms with Gasteiger partial charge in [-0.05, 0) is 37.5 Å². The fourth-order valence-corrected chi connectivity index (χ4v) is 3.09. The monoisotopic (exact) mass is 338 g/mol. The van der Waals surface area contributed by atoms with E-state index in [1.807, 2.05) is 12.1 Å². The molecule has 0 aliphatic carbocycles. The molecule has 0 spiro atoms. The number of likely N-dealkylation sites (tertiary alicyclic amines) is 1. The van der Waals surface area contributed by atoms with Gasteiger partial charge in [0.15, 0.2) is 0 Å². The minimum Gasteiger partial charge on any atom is -0.418 e. The standard InChI is InChI=1S/C17H18N6O2/c1-22-11-7-13(21-22)17(24)23-10-3-2-4-14(23)16-20-19-15(25-16)12-5-8-18-9-6-12/h5-9,11,14H,2-4,10H2,1H3/t14-/m1/s1. The molecule has 0 saturated carbocycles. The topological polar surface area (TPSA) is 89.9 Å². The highest BCUT2D eigenvalue weighted by molar-refractivity contribution is 5.92. The summed E-state index contributed by atoms with van der Waals surface area (Å²) in [6.07, 6.45) is 7.90. The van der Waals surface area contributed by atoms with Gasteiger partial charge >= 0.3 is 0 Å². The average Bonchev–Trinajstić information content (AvgIpc) is 3.31. The summed E-state index contributed by atoms with van der Waals surface area (Å²) in [5.74, 6) is 0.804. The summed E-state index contributed by atoms with van der Waals surface area (Å²) in [6.45, 7) is 0.660. The van der Waals surface area contributed by atoms with E-state index in [0.29, 0.717) is 24.0 Å². The van der Waals surface area contributed by atoms with Gasteiger partial charge in [-0.15, -0.1) is 10.2 Å². The van der Waals surface area contributed by atoms with Crippen LogP contribution in [-0.4, -0.2) is 42.3 Å². The van der Waals surface area contributed by atoms with Crippen LogP contribution in [0.2, 0.25) is 0 Å². The molecule has 0 N–H and O–H groups in total. The van der Waals surface area contributed by atoms with E-state index in [1.165, 1.54) is 0 Å². The molecule has 3 aromatic heterocycles. The number of amides is 1. The van der Waals surface area contributed by atoms with Crippen molar-refractivity contribution in [1.29, 1.82) is 0 Å². The van der Waals surface area contributed by atoms with Crippen molar-refractivity contribution in [3.8, 4) is 11.5 Å². The maximum absolute atomic E-state index is 12.8. The van der Waals surface area contributed by atoms with Crippen molar-refractivity contribution in [2.24, 2.45) is 7.05 Å². The Morgan fingerprint density at radius 2 is 2.04 bits per heavy atom. The van der Waals surface area contributed by atoms with Crippen LogP contribution >= 0.6 is 0 Å². The summed E-state index contributed by atoms with van der Waals surface area (Å²) in [5.41, 5.74) is 1.25. The second-order valence-corrected chi connectivity index (χ2v) is 6.07. The Kier molecular flexibility index (Phi) is 4.01. The summed E-state index contributed by atoms with van der Waals surface area (Å²) in [7, 11) is 1.80. The van der Waals surface area contributed by atoms with E-state index in [2.05, 4.69) is 20.3 Å². The summed E-state index contributed by atoms with van der Waals surface area (Å²) in [6, 6.07) is 5.14. The van der Waals surface area contributed by atoms with Gasteiger partial charge in [-0.25, -0.2) is 0 Å². The van der Waals surface area contributed by atoms with Crippen LogP contribution in [0.3, 0.4) is 0 Å². The van der Waals surface area contributed by atoms with Crippen LogP contribution in [0.1, 0.15) is 41.7 Å². The van der Waals surface area contributed by atoms with E-state index in [1.54, 1.807) is 41.3 Å². The number of pyridine rings is 1. The first-order valence-electron chi connectivity index (χ1n) is 8.27. The maximum atomic E-state index is 12.8.